The molecule has 1 saturated carbocycles. The number of benzene rings is 1. The molecule has 4 heteroatoms. The molecule has 0 radical (unpaired) electrons. The first-order valence-corrected chi connectivity index (χ1v) is 8.30. The molecule has 1 N–H and O–H groups in total. The van der Waals surface area contributed by atoms with Gasteiger partial charge in [-0.3, -0.25) is 0 Å². The number of aryl methyl sites for hydroxylation is 1. The highest BCUT2D eigenvalue weighted by Crippen LogP contribution is 2.39. The molecule has 1 aliphatic rings. The first-order valence-electron chi connectivity index (χ1n) is 7.89. The van der Waals surface area contributed by atoms with Gasteiger partial charge in [-0.15, -0.1) is 0 Å². The number of hydrogen-bond donors (Lipinski definition) is 1. The summed E-state index contributed by atoms with van der Waals surface area (Å²) in [5, 5.41) is 12.9. The topological polar surface area (TPSA) is 34.4 Å². The molecule has 3 nitrogen and oxygen atoms in total. The van der Waals surface area contributed by atoms with Crippen molar-refractivity contribution >= 4 is 23.0 Å². The predicted molar refractivity (Wildman–Crippen MR) is 91.7 cm³/mol. The maximum Gasteiger partial charge on any atom is 0.114 e. The number of nitrogens with zero attached hydrogens (tertiary/aromatic N) is 1. The van der Waals surface area contributed by atoms with Crippen LogP contribution in [0.3, 0.4) is 0 Å². The molecule has 4 atom stereocenters. The van der Waals surface area contributed by atoms with Crippen molar-refractivity contribution in [2.75, 3.05) is 7.11 Å². The fourth-order valence-corrected chi connectivity index (χ4v) is 4.12. The van der Waals surface area contributed by atoms with E-state index in [1.807, 2.05) is 6.20 Å². The Morgan fingerprint density at radius 3 is 2.77 bits per heavy atom. The molecule has 0 aliphatic heterocycles. The second kappa shape index (κ2) is 6.11. The van der Waals surface area contributed by atoms with E-state index in [-0.39, 0.29) is 12.1 Å². The zero-order chi connectivity index (χ0) is 15.9. The minimum Gasteiger partial charge on any atom is -0.388 e. The van der Waals surface area contributed by atoms with E-state index in [9.17, 15) is 5.11 Å². The van der Waals surface area contributed by atoms with Crippen molar-refractivity contribution in [3.05, 3.63) is 40.7 Å². The maximum atomic E-state index is 10.7. The van der Waals surface area contributed by atoms with E-state index in [0.717, 1.165) is 28.3 Å². The Morgan fingerprint density at radius 2 is 2.14 bits per heavy atom. The van der Waals surface area contributed by atoms with E-state index >= 15 is 0 Å². The van der Waals surface area contributed by atoms with Gasteiger partial charge < -0.3 is 14.4 Å². The summed E-state index contributed by atoms with van der Waals surface area (Å²) in [7, 11) is 1.68. The molecule has 1 aliphatic carbocycles. The molecule has 2 aromatic rings. The summed E-state index contributed by atoms with van der Waals surface area (Å²) in [6.07, 6.45) is 3.31. The van der Waals surface area contributed by atoms with Gasteiger partial charge >= 0.3 is 0 Å². The Kier molecular flexibility index (Phi) is 4.35. The number of pyridine rings is 1. The molecule has 0 spiro atoms. The third-order valence-corrected chi connectivity index (χ3v) is 5.41. The summed E-state index contributed by atoms with van der Waals surface area (Å²) in [5.41, 5.74) is 1.23. The van der Waals surface area contributed by atoms with E-state index < -0.39 is 6.10 Å². The number of aromatic nitrogens is 1. The summed E-state index contributed by atoms with van der Waals surface area (Å²) in [6, 6.07) is 8.39. The van der Waals surface area contributed by atoms with E-state index in [1.165, 1.54) is 5.56 Å². The molecular weight excluding hydrogens is 294 g/mol. The number of aliphatic hydroxyl groups is 1. The Balaban J connectivity index is 2.06. The maximum absolute atomic E-state index is 10.7. The summed E-state index contributed by atoms with van der Waals surface area (Å²) < 4.78 is 8.38. The van der Waals surface area contributed by atoms with Gasteiger partial charge in [-0.1, -0.05) is 49.3 Å². The second-order valence-corrected chi connectivity index (χ2v) is 6.67. The predicted octanol–water partition coefficient (Wildman–Crippen LogP) is 4.03. The van der Waals surface area contributed by atoms with E-state index in [0.29, 0.717) is 5.92 Å². The second-order valence-electron chi connectivity index (χ2n) is 6.28. The van der Waals surface area contributed by atoms with Crippen LogP contribution >= 0.6 is 12.2 Å². The van der Waals surface area contributed by atoms with Crippen LogP contribution in [-0.4, -0.2) is 29.0 Å². The zero-order valence-electron chi connectivity index (χ0n) is 13.3. The van der Waals surface area contributed by atoms with E-state index in [1.54, 1.807) is 7.11 Å². The molecule has 0 saturated heterocycles. The molecular formula is C18H23NO2S. The van der Waals surface area contributed by atoms with Gasteiger partial charge in [-0.05, 0) is 30.7 Å². The summed E-state index contributed by atoms with van der Waals surface area (Å²) in [6.45, 7) is 4.23. The molecule has 0 amide bonds. The van der Waals surface area contributed by atoms with Gasteiger partial charge in [0.25, 0.3) is 0 Å². The molecule has 22 heavy (non-hydrogen) atoms. The lowest BCUT2D eigenvalue weighted by molar-refractivity contribution is -0.0241. The van der Waals surface area contributed by atoms with Crippen molar-refractivity contribution in [1.82, 2.24) is 4.57 Å². The Bertz CT molecular complexity index is 739. The monoisotopic (exact) mass is 317 g/mol. The van der Waals surface area contributed by atoms with Crippen LogP contribution in [0.2, 0.25) is 0 Å². The molecule has 118 valence electrons. The Hall–Kier alpha value is -1.23. The van der Waals surface area contributed by atoms with E-state index in [4.69, 9.17) is 17.0 Å². The summed E-state index contributed by atoms with van der Waals surface area (Å²) >= 11 is 5.69. The van der Waals surface area contributed by atoms with Crippen molar-refractivity contribution in [3.63, 3.8) is 0 Å². The van der Waals surface area contributed by atoms with Crippen LogP contribution < -0.4 is 0 Å². The quantitative estimate of drug-likeness (QED) is 0.868. The van der Waals surface area contributed by atoms with Gasteiger partial charge in [0.05, 0.1) is 12.1 Å². The van der Waals surface area contributed by atoms with Crippen LogP contribution in [-0.2, 0) is 4.74 Å². The number of aliphatic hydroxyl groups excluding tert-OH is 1. The number of methoxy groups -OCH3 is 1. The van der Waals surface area contributed by atoms with Crippen molar-refractivity contribution in [3.8, 4) is 0 Å². The van der Waals surface area contributed by atoms with Crippen LogP contribution in [0.25, 0.3) is 10.8 Å². The molecule has 3 rings (SSSR count). The van der Waals surface area contributed by atoms with Gasteiger partial charge in [-0.2, -0.15) is 0 Å². The lowest BCUT2D eigenvalue weighted by Gasteiger charge is -2.22. The first-order chi connectivity index (χ1) is 10.6. The third-order valence-electron chi connectivity index (χ3n) is 4.98. The average Bonchev–Trinajstić information content (AvgIpc) is 2.83. The van der Waals surface area contributed by atoms with Crippen LogP contribution in [0, 0.1) is 17.5 Å². The van der Waals surface area contributed by atoms with Crippen LogP contribution in [0.4, 0.5) is 0 Å². The van der Waals surface area contributed by atoms with Crippen molar-refractivity contribution in [1.29, 1.82) is 0 Å². The Labute approximate surface area is 136 Å². The van der Waals surface area contributed by atoms with Crippen molar-refractivity contribution in [2.24, 2.45) is 5.92 Å². The molecule has 1 aromatic heterocycles. The number of rotatable bonds is 3. The van der Waals surface area contributed by atoms with E-state index in [2.05, 4.69) is 42.7 Å². The lowest BCUT2D eigenvalue weighted by Crippen LogP contribution is -2.31. The molecule has 4 unspecified atom stereocenters. The standard InChI is InChI=1S/C18H23NO2S/c1-4-12-10-15(16(20)17(12)21-3)19-8-7-13-9-11(2)5-6-14(13)18(19)22/h5-9,12,15-17,20H,4,10H2,1-3H3. The van der Waals surface area contributed by atoms with Crippen LogP contribution in [0.15, 0.2) is 30.5 Å². The number of ether oxygens (including phenoxy) is 1. The van der Waals surface area contributed by atoms with Gasteiger partial charge in [0.15, 0.2) is 0 Å². The normalized spacial score (nSPS) is 28.4. The highest BCUT2D eigenvalue weighted by molar-refractivity contribution is 7.71. The van der Waals surface area contributed by atoms with Crippen LogP contribution in [0.5, 0.6) is 0 Å². The molecule has 1 fully saturated rings. The fraction of sp³-hybridized carbons (Fsp3) is 0.500. The largest absolute Gasteiger partial charge is 0.388 e. The van der Waals surface area contributed by atoms with Crippen LogP contribution in [0.1, 0.15) is 31.4 Å². The molecule has 1 aromatic carbocycles. The molecule has 1 heterocycles. The molecule has 0 bridgehead atoms. The first kappa shape index (κ1) is 15.7. The minimum atomic E-state index is -0.510. The number of hydrogen-bond acceptors (Lipinski definition) is 3. The van der Waals surface area contributed by atoms with Gasteiger partial charge in [0, 0.05) is 18.7 Å². The number of fused-ring (bicyclic) bond motifs is 1. The van der Waals surface area contributed by atoms with Crippen molar-refractivity contribution in [2.45, 2.75) is 44.9 Å². The lowest BCUT2D eigenvalue weighted by atomic mass is 10.0. The highest BCUT2D eigenvalue weighted by Gasteiger charge is 2.42. The SMILES string of the molecule is CCC1CC(n2ccc3cc(C)ccc3c2=S)C(O)C1OC. The minimum absolute atomic E-state index is 0.00639. The smallest absolute Gasteiger partial charge is 0.114 e. The van der Waals surface area contributed by atoms with Gasteiger partial charge in [-0.25, -0.2) is 0 Å². The Morgan fingerprint density at radius 1 is 1.36 bits per heavy atom. The van der Waals surface area contributed by atoms with Crippen molar-refractivity contribution < 1.29 is 9.84 Å². The third kappa shape index (κ3) is 2.49. The fourth-order valence-electron chi connectivity index (χ4n) is 3.73. The van der Waals surface area contributed by atoms with Gasteiger partial charge in [0.2, 0.25) is 0 Å². The summed E-state index contributed by atoms with van der Waals surface area (Å²) in [4.78, 5) is 0. The summed E-state index contributed by atoms with van der Waals surface area (Å²) in [5.74, 6) is 0.376. The average molecular weight is 317 g/mol. The zero-order valence-corrected chi connectivity index (χ0v) is 14.1. The van der Waals surface area contributed by atoms with Gasteiger partial charge in [0.1, 0.15) is 10.7 Å². The highest BCUT2D eigenvalue weighted by atomic mass is 32.1.